The molecule has 4 atom stereocenters. The van der Waals surface area contributed by atoms with E-state index in [4.69, 9.17) is 0 Å². The minimum absolute atomic E-state index is 0.0517. The summed E-state index contributed by atoms with van der Waals surface area (Å²) in [6.45, 7) is 7.20. The number of carbonyl (C=O) groups is 1. The fraction of sp³-hybridized carbons (Fsp3) is 0.611. The molecule has 0 spiro atoms. The predicted octanol–water partition coefficient (Wildman–Crippen LogP) is 3.25. The number of rotatable bonds is 2. The molecule has 3 rings (SSSR count). The third-order valence-electron chi connectivity index (χ3n) is 5.43. The van der Waals surface area contributed by atoms with Crippen LogP contribution in [0.25, 0.3) is 0 Å². The number of hydrogen-bond acceptors (Lipinski definition) is 2. The Balaban J connectivity index is 1.87. The van der Waals surface area contributed by atoms with Crippen LogP contribution in [0.3, 0.4) is 0 Å². The van der Waals surface area contributed by atoms with Crippen LogP contribution in [-0.4, -0.2) is 23.4 Å². The fourth-order valence-electron chi connectivity index (χ4n) is 3.87. The van der Waals surface area contributed by atoms with E-state index in [-0.39, 0.29) is 12.1 Å². The van der Waals surface area contributed by atoms with Gasteiger partial charge in [0, 0.05) is 6.04 Å². The summed E-state index contributed by atoms with van der Waals surface area (Å²) in [6.07, 6.45) is 3.72. The number of nitrogens with one attached hydrogen (secondary N) is 1. The first kappa shape index (κ1) is 14.6. The summed E-state index contributed by atoms with van der Waals surface area (Å²) in [5.74, 6) is 1.54. The zero-order chi connectivity index (χ0) is 15.0. The van der Waals surface area contributed by atoms with Gasteiger partial charge in [-0.1, -0.05) is 56.5 Å². The van der Waals surface area contributed by atoms with Gasteiger partial charge in [0.2, 0.25) is 5.91 Å². The highest BCUT2D eigenvalue weighted by molar-refractivity contribution is 5.81. The Bertz CT molecular complexity index is 510. The summed E-state index contributed by atoms with van der Waals surface area (Å²) in [5.41, 5.74) is 2.46. The molecule has 1 aliphatic carbocycles. The van der Waals surface area contributed by atoms with Crippen molar-refractivity contribution in [2.75, 3.05) is 6.54 Å². The van der Waals surface area contributed by atoms with E-state index in [9.17, 15) is 4.79 Å². The fourth-order valence-corrected chi connectivity index (χ4v) is 3.87. The standard InChI is InChI=1S/C18H26N2O/c1-12-7-9-15(10-8-12)18-19-11-17(21)20(18)16-6-4-5-13(2)14(16)3/h7-10,13-14,16,18-19H,4-6,11H2,1-3H3. The first-order chi connectivity index (χ1) is 10.1. The second kappa shape index (κ2) is 5.80. The van der Waals surface area contributed by atoms with E-state index in [0.717, 1.165) is 6.42 Å². The van der Waals surface area contributed by atoms with E-state index in [0.29, 0.717) is 24.4 Å². The molecule has 0 bridgehead atoms. The third-order valence-corrected chi connectivity index (χ3v) is 5.43. The normalized spacial score (nSPS) is 33.5. The SMILES string of the molecule is Cc1ccc(C2NCC(=O)N2C2CCCC(C)C2C)cc1. The lowest BCUT2D eigenvalue weighted by atomic mass is 9.77. The molecular weight excluding hydrogens is 260 g/mol. The number of nitrogens with zero attached hydrogens (tertiary/aromatic N) is 1. The van der Waals surface area contributed by atoms with Crippen LogP contribution in [0.15, 0.2) is 24.3 Å². The Morgan fingerprint density at radius 3 is 2.57 bits per heavy atom. The molecule has 4 unspecified atom stereocenters. The van der Waals surface area contributed by atoms with Crippen LogP contribution in [0, 0.1) is 18.8 Å². The van der Waals surface area contributed by atoms with Crippen molar-refractivity contribution in [1.29, 1.82) is 0 Å². The first-order valence-corrected chi connectivity index (χ1v) is 8.19. The molecule has 3 heteroatoms. The summed E-state index contributed by atoms with van der Waals surface area (Å²) in [5, 5.41) is 3.40. The van der Waals surface area contributed by atoms with Gasteiger partial charge in [0.25, 0.3) is 0 Å². The summed E-state index contributed by atoms with van der Waals surface area (Å²) in [7, 11) is 0. The van der Waals surface area contributed by atoms with E-state index in [1.165, 1.54) is 24.0 Å². The first-order valence-electron chi connectivity index (χ1n) is 8.19. The van der Waals surface area contributed by atoms with E-state index < -0.39 is 0 Å². The largest absolute Gasteiger partial charge is 0.319 e. The molecule has 1 saturated heterocycles. The summed E-state index contributed by atoms with van der Waals surface area (Å²) < 4.78 is 0. The van der Waals surface area contributed by atoms with E-state index in [2.05, 4.69) is 55.3 Å². The molecule has 114 valence electrons. The van der Waals surface area contributed by atoms with Gasteiger partial charge in [-0.3, -0.25) is 10.1 Å². The van der Waals surface area contributed by atoms with Gasteiger partial charge in [0.1, 0.15) is 6.17 Å². The highest BCUT2D eigenvalue weighted by atomic mass is 16.2. The van der Waals surface area contributed by atoms with Gasteiger partial charge in [0.05, 0.1) is 6.54 Å². The molecular formula is C18H26N2O. The van der Waals surface area contributed by atoms with Gasteiger partial charge < -0.3 is 4.90 Å². The maximum Gasteiger partial charge on any atom is 0.238 e. The summed E-state index contributed by atoms with van der Waals surface area (Å²) in [6, 6.07) is 8.93. The number of aryl methyl sites for hydroxylation is 1. The van der Waals surface area contributed by atoms with Crippen molar-refractivity contribution in [3.05, 3.63) is 35.4 Å². The molecule has 1 heterocycles. The van der Waals surface area contributed by atoms with Crippen molar-refractivity contribution in [3.8, 4) is 0 Å². The third kappa shape index (κ3) is 2.71. The number of amides is 1. The zero-order valence-corrected chi connectivity index (χ0v) is 13.3. The quantitative estimate of drug-likeness (QED) is 0.905. The molecule has 1 saturated carbocycles. The van der Waals surface area contributed by atoms with E-state index >= 15 is 0 Å². The molecule has 0 aromatic heterocycles. The van der Waals surface area contributed by atoms with Crippen molar-refractivity contribution < 1.29 is 4.79 Å². The lowest BCUT2D eigenvalue weighted by molar-refractivity contribution is -0.132. The number of hydrogen-bond donors (Lipinski definition) is 1. The van der Waals surface area contributed by atoms with E-state index in [1.54, 1.807) is 0 Å². The monoisotopic (exact) mass is 286 g/mol. The average molecular weight is 286 g/mol. The van der Waals surface area contributed by atoms with Crippen molar-refractivity contribution in [3.63, 3.8) is 0 Å². The molecule has 1 aromatic rings. The van der Waals surface area contributed by atoms with Crippen LogP contribution in [0.4, 0.5) is 0 Å². The van der Waals surface area contributed by atoms with Crippen LogP contribution in [-0.2, 0) is 4.79 Å². The Kier molecular flexibility index (Phi) is 4.03. The average Bonchev–Trinajstić information content (AvgIpc) is 2.85. The van der Waals surface area contributed by atoms with Crippen LogP contribution in [0.2, 0.25) is 0 Å². The maximum absolute atomic E-state index is 12.4. The molecule has 3 nitrogen and oxygen atoms in total. The van der Waals surface area contributed by atoms with Crippen molar-refractivity contribution in [1.82, 2.24) is 10.2 Å². The lowest BCUT2D eigenvalue weighted by Crippen LogP contribution is -2.46. The van der Waals surface area contributed by atoms with Crippen molar-refractivity contribution in [2.24, 2.45) is 11.8 Å². The Hall–Kier alpha value is -1.35. The van der Waals surface area contributed by atoms with E-state index in [1.807, 2.05) is 0 Å². The Morgan fingerprint density at radius 1 is 1.14 bits per heavy atom. The van der Waals surface area contributed by atoms with Gasteiger partial charge in [-0.15, -0.1) is 0 Å². The second-order valence-electron chi connectivity index (χ2n) is 6.83. The van der Waals surface area contributed by atoms with Crippen molar-refractivity contribution in [2.45, 2.75) is 52.2 Å². The Labute approximate surface area is 127 Å². The number of benzene rings is 1. The van der Waals surface area contributed by atoms with Gasteiger partial charge in [-0.25, -0.2) is 0 Å². The van der Waals surface area contributed by atoms with Crippen LogP contribution in [0.1, 0.15) is 50.4 Å². The summed E-state index contributed by atoms with van der Waals surface area (Å²) >= 11 is 0. The molecule has 2 aliphatic rings. The molecule has 1 aliphatic heterocycles. The maximum atomic E-state index is 12.4. The highest BCUT2D eigenvalue weighted by Crippen LogP contribution is 2.37. The molecule has 1 N–H and O–H groups in total. The Morgan fingerprint density at radius 2 is 1.86 bits per heavy atom. The van der Waals surface area contributed by atoms with Crippen molar-refractivity contribution >= 4 is 5.91 Å². The minimum atomic E-state index is 0.0517. The smallest absolute Gasteiger partial charge is 0.238 e. The minimum Gasteiger partial charge on any atom is -0.319 e. The second-order valence-corrected chi connectivity index (χ2v) is 6.83. The highest BCUT2D eigenvalue weighted by Gasteiger charge is 2.41. The molecule has 0 radical (unpaired) electrons. The van der Waals surface area contributed by atoms with Crippen LogP contribution < -0.4 is 5.32 Å². The lowest BCUT2D eigenvalue weighted by Gasteiger charge is -2.42. The van der Waals surface area contributed by atoms with Gasteiger partial charge in [0.15, 0.2) is 0 Å². The van der Waals surface area contributed by atoms with Gasteiger partial charge in [-0.05, 0) is 30.7 Å². The zero-order valence-electron chi connectivity index (χ0n) is 13.3. The van der Waals surface area contributed by atoms with Crippen LogP contribution >= 0.6 is 0 Å². The van der Waals surface area contributed by atoms with Gasteiger partial charge in [-0.2, -0.15) is 0 Å². The molecule has 21 heavy (non-hydrogen) atoms. The number of carbonyl (C=O) groups excluding carboxylic acids is 1. The predicted molar refractivity (Wildman–Crippen MR) is 84.7 cm³/mol. The molecule has 1 amide bonds. The summed E-state index contributed by atoms with van der Waals surface area (Å²) in [4.78, 5) is 14.6. The van der Waals surface area contributed by atoms with Crippen LogP contribution in [0.5, 0.6) is 0 Å². The molecule has 2 fully saturated rings. The topological polar surface area (TPSA) is 32.3 Å². The molecule has 1 aromatic carbocycles. The van der Waals surface area contributed by atoms with Gasteiger partial charge >= 0.3 is 0 Å².